The fraction of sp³-hybridized carbons (Fsp3) is 0.222. The third kappa shape index (κ3) is 1.96. The molecule has 5 heterocycles. The lowest BCUT2D eigenvalue weighted by Gasteiger charge is -2.22. The topological polar surface area (TPSA) is 81.3 Å². The molecule has 126 valence electrons. The molecule has 0 fully saturated rings. The minimum Gasteiger partial charge on any atom is -0.481 e. The van der Waals surface area contributed by atoms with E-state index >= 15 is 0 Å². The smallest absolute Gasteiger partial charge is 0.213 e. The molecule has 0 saturated heterocycles. The van der Waals surface area contributed by atoms with Gasteiger partial charge in [-0.05, 0) is 18.6 Å². The first-order chi connectivity index (χ1) is 12.2. The summed E-state index contributed by atoms with van der Waals surface area (Å²) in [6, 6.07) is 4.27. The summed E-state index contributed by atoms with van der Waals surface area (Å²) in [6.07, 6.45) is 5.88. The van der Waals surface area contributed by atoms with Crippen molar-refractivity contribution in [1.82, 2.24) is 25.4 Å². The molecule has 0 amide bonds. The third-order valence-corrected chi connectivity index (χ3v) is 4.91. The monoisotopic (exact) mass is 334 g/mol. The van der Waals surface area contributed by atoms with Crippen LogP contribution in [0.5, 0.6) is 5.88 Å². The Morgan fingerprint density at radius 1 is 1.28 bits per heavy atom. The van der Waals surface area contributed by atoms with Crippen LogP contribution >= 0.6 is 0 Å². The van der Waals surface area contributed by atoms with Crippen LogP contribution in [0.4, 0.5) is 5.82 Å². The first-order valence-electron chi connectivity index (χ1n) is 8.15. The zero-order valence-electron chi connectivity index (χ0n) is 14.2. The molecule has 0 bridgehead atoms. The van der Waals surface area contributed by atoms with Crippen molar-refractivity contribution in [3.8, 4) is 17.1 Å². The van der Waals surface area contributed by atoms with Gasteiger partial charge in [0.2, 0.25) is 5.88 Å². The minimum absolute atomic E-state index is 0.173. The number of aryl methyl sites for hydroxylation is 1. The first-order valence-corrected chi connectivity index (χ1v) is 8.15. The van der Waals surface area contributed by atoms with E-state index in [1.54, 1.807) is 7.11 Å². The number of rotatable bonds is 2. The largest absolute Gasteiger partial charge is 0.481 e. The minimum atomic E-state index is 0.173. The number of H-pyrrole nitrogens is 2. The van der Waals surface area contributed by atoms with E-state index in [0.717, 1.165) is 44.8 Å². The summed E-state index contributed by atoms with van der Waals surface area (Å²) in [6.45, 7) is 2.05. The number of hydrazine groups is 1. The second-order valence-corrected chi connectivity index (χ2v) is 6.44. The number of likely N-dealkylation sites (N-methyl/N-ethyl adjacent to an activating group) is 1. The van der Waals surface area contributed by atoms with E-state index in [0.29, 0.717) is 5.88 Å². The van der Waals surface area contributed by atoms with Crippen molar-refractivity contribution in [2.24, 2.45) is 4.99 Å². The summed E-state index contributed by atoms with van der Waals surface area (Å²) in [7, 11) is 3.67. The number of hydrogen-bond acceptors (Lipinski definition) is 5. The summed E-state index contributed by atoms with van der Waals surface area (Å²) >= 11 is 0. The van der Waals surface area contributed by atoms with Crippen molar-refractivity contribution in [1.29, 1.82) is 0 Å². The number of aromatic nitrogens is 3. The molecule has 0 spiro atoms. The highest BCUT2D eigenvalue weighted by atomic mass is 16.5. The number of methoxy groups -OCH3 is 1. The van der Waals surface area contributed by atoms with Crippen molar-refractivity contribution in [2.75, 3.05) is 14.2 Å². The predicted molar refractivity (Wildman–Crippen MR) is 97.0 cm³/mol. The molecular formula is C18H18N6O. The number of pyridine rings is 1. The van der Waals surface area contributed by atoms with Gasteiger partial charge in [-0.2, -0.15) is 0 Å². The molecule has 0 aliphatic carbocycles. The number of aromatic amines is 2. The SMILES string of the molecule is COc1cc(C)c2[nH]cc(-c3cc4c([nH]3)N=CC3=CNN(C)C34)c2n1. The van der Waals surface area contributed by atoms with E-state index < -0.39 is 0 Å². The molecule has 2 aliphatic rings. The zero-order chi connectivity index (χ0) is 17.1. The molecule has 3 aromatic heterocycles. The van der Waals surface area contributed by atoms with E-state index in [1.807, 2.05) is 38.6 Å². The van der Waals surface area contributed by atoms with Gasteiger partial charge in [0.15, 0.2) is 0 Å². The van der Waals surface area contributed by atoms with Gasteiger partial charge >= 0.3 is 0 Å². The van der Waals surface area contributed by atoms with Gasteiger partial charge in [0.05, 0.1) is 24.4 Å². The first kappa shape index (κ1) is 14.3. The Morgan fingerprint density at radius 3 is 3.00 bits per heavy atom. The highest BCUT2D eigenvalue weighted by molar-refractivity contribution is 5.95. The molecule has 25 heavy (non-hydrogen) atoms. The Hall–Kier alpha value is -3.06. The van der Waals surface area contributed by atoms with Gasteiger partial charge in [0.1, 0.15) is 11.3 Å². The normalized spacial score (nSPS) is 18.8. The number of hydrogen-bond donors (Lipinski definition) is 3. The molecular weight excluding hydrogens is 316 g/mol. The second kappa shape index (κ2) is 4.97. The Labute approximate surface area is 144 Å². The van der Waals surface area contributed by atoms with Gasteiger partial charge in [-0.3, -0.25) is 0 Å². The zero-order valence-corrected chi connectivity index (χ0v) is 14.2. The third-order valence-electron chi connectivity index (χ3n) is 4.91. The summed E-state index contributed by atoms with van der Waals surface area (Å²) in [4.78, 5) is 16.0. The maximum Gasteiger partial charge on any atom is 0.213 e. The Balaban J connectivity index is 1.68. The Bertz CT molecular complexity index is 1060. The molecule has 5 rings (SSSR count). The summed E-state index contributed by atoms with van der Waals surface area (Å²) in [5.74, 6) is 1.51. The number of ether oxygens (including phenoxy) is 1. The van der Waals surface area contributed by atoms with Gasteiger partial charge in [-0.25, -0.2) is 15.0 Å². The summed E-state index contributed by atoms with van der Waals surface area (Å²) in [5, 5.41) is 2.08. The lowest BCUT2D eigenvalue weighted by Crippen LogP contribution is -2.29. The lowest BCUT2D eigenvalue weighted by molar-refractivity contribution is 0.253. The molecule has 1 unspecified atom stereocenters. The molecule has 7 heteroatoms. The van der Waals surface area contributed by atoms with E-state index in [-0.39, 0.29) is 6.04 Å². The molecule has 2 aliphatic heterocycles. The van der Waals surface area contributed by atoms with Crippen LogP contribution in [0.15, 0.2) is 35.1 Å². The average molecular weight is 334 g/mol. The van der Waals surface area contributed by atoms with Crippen LogP contribution in [0.3, 0.4) is 0 Å². The standard InChI is InChI=1S/C18H18N6O/c1-9-4-14(25-3)23-16-12(8-19-15(9)16)13-5-11-17-10(7-21-24(17)2)6-20-18(11)22-13/h4-8,17,19,21-22H,1-3H3. The summed E-state index contributed by atoms with van der Waals surface area (Å²) in [5.41, 5.74) is 10.6. The summed E-state index contributed by atoms with van der Waals surface area (Å²) < 4.78 is 5.33. The van der Waals surface area contributed by atoms with Crippen LogP contribution in [-0.4, -0.2) is 40.3 Å². The van der Waals surface area contributed by atoms with Crippen molar-refractivity contribution in [2.45, 2.75) is 13.0 Å². The molecule has 3 N–H and O–H groups in total. The van der Waals surface area contributed by atoms with E-state index in [4.69, 9.17) is 4.74 Å². The van der Waals surface area contributed by atoms with Crippen LogP contribution in [-0.2, 0) is 0 Å². The van der Waals surface area contributed by atoms with Gasteiger partial charge in [0.25, 0.3) is 0 Å². The Kier molecular flexibility index (Phi) is 2.84. The molecule has 0 saturated carbocycles. The highest BCUT2D eigenvalue weighted by Gasteiger charge is 2.32. The fourth-order valence-corrected chi connectivity index (χ4v) is 3.65. The van der Waals surface area contributed by atoms with E-state index in [1.165, 1.54) is 0 Å². The maximum atomic E-state index is 5.33. The van der Waals surface area contributed by atoms with Crippen molar-refractivity contribution >= 4 is 23.1 Å². The van der Waals surface area contributed by atoms with Crippen LogP contribution in [0.1, 0.15) is 17.2 Å². The second-order valence-electron chi connectivity index (χ2n) is 6.44. The van der Waals surface area contributed by atoms with Gasteiger partial charge in [-0.15, -0.1) is 0 Å². The average Bonchev–Trinajstić information content (AvgIpc) is 3.30. The van der Waals surface area contributed by atoms with Crippen molar-refractivity contribution < 1.29 is 4.74 Å². The quantitative estimate of drug-likeness (QED) is 0.673. The van der Waals surface area contributed by atoms with Gasteiger partial charge in [-0.1, -0.05) is 0 Å². The molecule has 7 nitrogen and oxygen atoms in total. The van der Waals surface area contributed by atoms with E-state index in [2.05, 4.69) is 36.4 Å². The van der Waals surface area contributed by atoms with Crippen molar-refractivity contribution in [3.05, 3.63) is 41.2 Å². The maximum absolute atomic E-state index is 5.33. The lowest BCUT2D eigenvalue weighted by atomic mass is 10.00. The van der Waals surface area contributed by atoms with Crippen LogP contribution in [0, 0.1) is 6.92 Å². The number of nitrogens with one attached hydrogen (secondary N) is 3. The highest BCUT2D eigenvalue weighted by Crippen LogP contribution is 2.42. The van der Waals surface area contributed by atoms with Crippen molar-refractivity contribution in [3.63, 3.8) is 0 Å². The molecule has 0 radical (unpaired) electrons. The number of aliphatic imine (C=N–C) groups is 1. The van der Waals surface area contributed by atoms with Gasteiger partial charge in [0, 0.05) is 48.4 Å². The number of nitrogens with zero attached hydrogens (tertiary/aromatic N) is 3. The predicted octanol–water partition coefficient (Wildman–Crippen LogP) is 2.97. The van der Waals surface area contributed by atoms with Crippen LogP contribution in [0.2, 0.25) is 0 Å². The number of fused-ring (bicyclic) bond motifs is 4. The van der Waals surface area contributed by atoms with E-state index in [9.17, 15) is 0 Å². The van der Waals surface area contributed by atoms with Gasteiger partial charge < -0.3 is 20.1 Å². The van der Waals surface area contributed by atoms with Crippen LogP contribution in [0.25, 0.3) is 22.3 Å². The molecule has 0 aromatic carbocycles. The molecule has 1 atom stereocenters. The fourth-order valence-electron chi connectivity index (χ4n) is 3.65. The Morgan fingerprint density at radius 2 is 2.16 bits per heavy atom. The molecule has 3 aromatic rings. The van der Waals surface area contributed by atoms with Crippen LogP contribution < -0.4 is 10.2 Å².